The lowest BCUT2D eigenvalue weighted by Crippen LogP contribution is -2.55. The van der Waals surface area contributed by atoms with Crippen LogP contribution in [0.5, 0.6) is 0 Å². The standard InChI is InChI=1S/C22H26N4O3S/c1-26(2)22(8-12-28-13-9-22)15-25-20(27)19-17(14-30-21-23-10-5-11-24-21)16-6-3-4-7-18(16)29-19/h3-7,10-11H,8-9,12-15H2,1-2H3,(H,25,27). The number of nitrogens with zero attached hydrogens (tertiary/aromatic N) is 3. The summed E-state index contributed by atoms with van der Waals surface area (Å²) in [5, 5.41) is 4.73. The van der Waals surface area contributed by atoms with E-state index in [4.69, 9.17) is 9.15 Å². The van der Waals surface area contributed by atoms with Crippen molar-refractivity contribution in [1.82, 2.24) is 20.2 Å². The van der Waals surface area contributed by atoms with Gasteiger partial charge >= 0.3 is 0 Å². The molecule has 1 saturated heterocycles. The Morgan fingerprint density at radius 3 is 2.63 bits per heavy atom. The first kappa shape index (κ1) is 20.8. The van der Waals surface area contributed by atoms with Gasteiger partial charge in [0.05, 0.1) is 0 Å². The van der Waals surface area contributed by atoms with E-state index >= 15 is 0 Å². The van der Waals surface area contributed by atoms with Crippen LogP contribution in [0.2, 0.25) is 0 Å². The van der Waals surface area contributed by atoms with E-state index in [1.165, 1.54) is 11.8 Å². The maximum Gasteiger partial charge on any atom is 0.287 e. The van der Waals surface area contributed by atoms with Crippen molar-refractivity contribution >= 4 is 28.6 Å². The van der Waals surface area contributed by atoms with Gasteiger partial charge in [0.15, 0.2) is 10.9 Å². The zero-order valence-corrected chi connectivity index (χ0v) is 18.1. The summed E-state index contributed by atoms with van der Waals surface area (Å²) < 4.78 is 11.5. The molecule has 30 heavy (non-hydrogen) atoms. The minimum atomic E-state index is -0.191. The molecule has 1 aliphatic heterocycles. The first-order valence-electron chi connectivity index (χ1n) is 10.0. The van der Waals surface area contributed by atoms with Gasteiger partial charge in [0, 0.05) is 54.4 Å². The number of thioether (sulfide) groups is 1. The number of fused-ring (bicyclic) bond motifs is 1. The molecule has 0 spiro atoms. The van der Waals surface area contributed by atoms with Gasteiger partial charge in [0.25, 0.3) is 5.91 Å². The number of para-hydroxylation sites is 1. The average molecular weight is 427 g/mol. The Morgan fingerprint density at radius 1 is 1.17 bits per heavy atom. The highest BCUT2D eigenvalue weighted by atomic mass is 32.2. The number of likely N-dealkylation sites (N-methyl/N-ethyl adjacent to an activating group) is 1. The van der Waals surface area contributed by atoms with Crippen molar-refractivity contribution in [3.05, 3.63) is 54.0 Å². The lowest BCUT2D eigenvalue weighted by atomic mass is 9.88. The quantitative estimate of drug-likeness (QED) is 0.458. The molecule has 0 bridgehead atoms. The molecule has 2 aromatic heterocycles. The summed E-state index contributed by atoms with van der Waals surface area (Å²) in [6.07, 6.45) is 5.19. The highest BCUT2D eigenvalue weighted by molar-refractivity contribution is 7.98. The Balaban J connectivity index is 1.55. The van der Waals surface area contributed by atoms with Gasteiger partial charge in [0.2, 0.25) is 0 Å². The minimum absolute atomic E-state index is 0.104. The van der Waals surface area contributed by atoms with E-state index in [-0.39, 0.29) is 11.4 Å². The van der Waals surface area contributed by atoms with Crippen LogP contribution in [0.4, 0.5) is 0 Å². The first-order chi connectivity index (χ1) is 14.6. The van der Waals surface area contributed by atoms with Crippen LogP contribution >= 0.6 is 11.8 Å². The highest BCUT2D eigenvalue weighted by Crippen LogP contribution is 2.31. The van der Waals surface area contributed by atoms with Crippen molar-refractivity contribution in [2.45, 2.75) is 29.3 Å². The second-order valence-electron chi connectivity index (χ2n) is 7.64. The summed E-state index contributed by atoms with van der Waals surface area (Å²) in [6.45, 7) is 1.96. The molecule has 0 unspecified atom stereocenters. The van der Waals surface area contributed by atoms with Gasteiger partial charge in [-0.05, 0) is 39.1 Å². The molecule has 7 nitrogen and oxygen atoms in total. The number of benzene rings is 1. The Labute approximate surface area is 180 Å². The normalized spacial score (nSPS) is 16.1. The Morgan fingerprint density at radius 2 is 1.90 bits per heavy atom. The summed E-state index contributed by atoms with van der Waals surface area (Å²) in [5.74, 6) is 0.722. The number of nitrogens with one attached hydrogen (secondary N) is 1. The highest BCUT2D eigenvalue weighted by Gasteiger charge is 2.35. The molecule has 0 atom stereocenters. The van der Waals surface area contributed by atoms with Crippen molar-refractivity contribution in [3.8, 4) is 0 Å². The van der Waals surface area contributed by atoms with E-state index in [2.05, 4.69) is 34.3 Å². The molecule has 0 aliphatic carbocycles. The van der Waals surface area contributed by atoms with E-state index in [1.54, 1.807) is 18.5 Å². The van der Waals surface area contributed by atoms with Crippen LogP contribution in [0.3, 0.4) is 0 Å². The van der Waals surface area contributed by atoms with Crippen LogP contribution in [-0.2, 0) is 10.5 Å². The molecule has 1 N–H and O–H groups in total. The smallest absolute Gasteiger partial charge is 0.287 e. The molecule has 1 amide bonds. The van der Waals surface area contributed by atoms with Crippen molar-refractivity contribution in [2.24, 2.45) is 0 Å². The number of carbonyl (C=O) groups excluding carboxylic acids is 1. The van der Waals surface area contributed by atoms with Gasteiger partial charge in [0.1, 0.15) is 5.58 Å². The fraction of sp³-hybridized carbons (Fsp3) is 0.409. The number of hydrogen-bond donors (Lipinski definition) is 1. The summed E-state index contributed by atoms with van der Waals surface area (Å²) in [5.41, 5.74) is 1.47. The van der Waals surface area contributed by atoms with E-state index < -0.39 is 0 Å². The summed E-state index contributed by atoms with van der Waals surface area (Å²) in [7, 11) is 4.11. The first-order valence-corrected chi connectivity index (χ1v) is 11.0. The van der Waals surface area contributed by atoms with Gasteiger partial charge < -0.3 is 19.4 Å². The lowest BCUT2D eigenvalue weighted by molar-refractivity contribution is -0.00668. The SMILES string of the molecule is CN(C)C1(CNC(=O)c2oc3ccccc3c2CSc2ncccn2)CCOCC1. The van der Waals surface area contributed by atoms with E-state index in [0.29, 0.717) is 42.0 Å². The maximum atomic E-state index is 13.2. The molecule has 3 heterocycles. The summed E-state index contributed by atoms with van der Waals surface area (Å²) in [6, 6.07) is 9.52. The molecule has 4 rings (SSSR count). The molecule has 158 valence electrons. The monoisotopic (exact) mass is 426 g/mol. The van der Waals surface area contributed by atoms with E-state index in [1.807, 2.05) is 24.3 Å². The third-order valence-electron chi connectivity index (χ3n) is 5.74. The van der Waals surface area contributed by atoms with E-state index in [9.17, 15) is 4.79 Å². The van der Waals surface area contributed by atoms with Crippen molar-refractivity contribution in [3.63, 3.8) is 0 Å². The number of ether oxygens (including phenoxy) is 1. The molecular formula is C22H26N4O3S. The Kier molecular flexibility index (Phi) is 6.36. The van der Waals surface area contributed by atoms with Gasteiger partial charge in [-0.15, -0.1) is 0 Å². The third-order valence-corrected chi connectivity index (χ3v) is 6.64. The molecule has 0 radical (unpaired) electrons. The van der Waals surface area contributed by atoms with Crippen molar-refractivity contribution < 1.29 is 13.9 Å². The Hall–Kier alpha value is -2.42. The number of furan rings is 1. The van der Waals surface area contributed by atoms with Crippen LogP contribution in [0.1, 0.15) is 29.0 Å². The zero-order chi connectivity index (χ0) is 21.0. The number of amides is 1. The van der Waals surface area contributed by atoms with Crippen LogP contribution in [0, 0.1) is 0 Å². The van der Waals surface area contributed by atoms with Gasteiger partial charge in [-0.3, -0.25) is 4.79 Å². The van der Waals surface area contributed by atoms with Gasteiger partial charge in [-0.2, -0.15) is 0 Å². The minimum Gasteiger partial charge on any atom is -0.451 e. The summed E-state index contributed by atoms with van der Waals surface area (Å²) in [4.78, 5) is 23.9. The van der Waals surface area contributed by atoms with Crippen molar-refractivity contribution in [1.29, 1.82) is 0 Å². The zero-order valence-electron chi connectivity index (χ0n) is 17.3. The second-order valence-corrected chi connectivity index (χ2v) is 8.58. The largest absolute Gasteiger partial charge is 0.451 e. The number of aromatic nitrogens is 2. The predicted molar refractivity (Wildman–Crippen MR) is 117 cm³/mol. The number of rotatable bonds is 7. The molecule has 1 fully saturated rings. The molecule has 8 heteroatoms. The molecule has 0 saturated carbocycles. The second kappa shape index (κ2) is 9.16. The number of carbonyl (C=O) groups is 1. The van der Waals surface area contributed by atoms with E-state index in [0.717, 1.165) is 23.8 Å². The number of hydrogen-bond acceptors (Lipinski definition) is 7. The van der Waals surface area contributed by atoms with Gasteiger partial charge in [-0.1, -0.05) is 30.0 Å². The topological polar surface area (TPSA) is 80.5 Å². The lowest BCUT2D eigenvalue weighted by Gasteiger charge is -2.42. The molecule has 3 aromatic rings. The predicted octanol–water partition coefficient (Wildman–Crippen LogP) is 3.36. The molecule has 1 aliphatic rings. The van der Waals surface area contributed by atoms with Crippen LogP contribution in [-0.4, -0.2) is 60.2 Å². The van der Waals surface area contributed by atoms with Gasteiger partial charge in [-0.25, -0.2) is 9.97 Å². The average Bonchev–Trinajstić information content (AvgIpc) is 3.16. The van der Waals surface area contributed by atoms with Crippen molar-refractivity contribution in [2.75, 3.05) is 33.9 Å². The van der Waals surface area contributed by atoms with Crippen LogP contribution < -0.4 is 5.32 Å². The molecular weight excluding hydrogens is 400 g/mol. The van der Waals surface area contributed by atoms with Crippen LogP contribution in [0.25, 0.3) is 11.0 Å². The maximum absolute atomic E-state index is 13.2. The summed E-state index contributed by atoms with van der Waals surface area (Å²) >= 11 is 1.49. The van der Waals surface area contributed by atoms with Crippen LogP contribution in [0.15, 0.2) is 52.3 Å². The fourth-order valence-electron chi connectivity index (χ4n) is 3.78. The fourth-order valence-corrected chi connectivity index (χ4v) is 4.61. The Bertz CT molecular complexity index is 1000. The third kappa shape index (κ3) is 4.35. The molecule has 1 aromatic carbocycles.